The molecule has 0 bridgehead atoms. The summed E-state index contributed by atoms with van der Waals surface area (Å²) in [5, 5.41) is 0. The third kappa shape index (κ3) is 3.49. The van der Waals surface area contributed by atoms with Crippen molar-refractivity contribution in [2.75, 3.05) is 0 Å². The van der Waals surface area contributed by atoms with Gasteiger partial charge < -0.3 is 0 Å². The van der Waals surface area contributed by atoms with Gasteiger partial charge in [-0.1, -0.05) is 34.6 Å². The molecule has 0 aliphatic carbocycles. The molecule has 1 heteroatoms. The van der Waals surface area contributed by atoms with Crippen LogP contribution in [0.25, 0.3) is 0 Å². The van der Waals surface area contributed by atoms with Gasteiger partial charge in [0.2, 0.25) is 0 Å². The molecule has 1 rings (SSSR count). The molecular formula is C13H23N. The van der Waals surface area contributed by atoms with Gasteiger partial charge in [0.25, 0.3) is 0 Å². The first kappa shape index (κ1) is 13.2. The van der Waals surface area contributed by atoms with Crippen LogP contribution in [-0.4, -0.2) is 4.98 Å². The zero-order valence-corrected chi connectivity index (χ0v) is 10.4. The topological polar surface area (TPSA) is 12.9 Å². The molecule has 1 heterocycles. The van der Waals surface area contributed by atoms with Crippen molar-refractivity contribution in [1.82, 2.24) is 4.98 Å². The van der Waals surface area contributed by atoms with Crippen LogP contribution in [0.5, 0.6) is 0 Å². The monoisotopic (exact) mass is 193 g/mol. The van der Waals surface area contributed by atoms with Crippen LogP contribution in [0.15, 0.2) is 12.3 Å². The lowest BCUT2D eigenvalue weighted by Gasteiger charge is -2.10. The molecule has 1 nitrogen and oxygen atoms in total. The molecule has 0 saturated carbocycles. The molecule has 1 aromatic heterocycles. The van der Waals surface area contributed by atoms with E-state index in [2.05, 4.69) is 31.8 Å². The van der Waals surface area contributed by atoms with Gasteiger partial charge in [0, 0.05) is 11.9 Å². The van der Waals surface area contributed by atoms with Crippen LogP contribution in [0.2, 0.25) is 0 Å². The Morgan fingerprint density at radius 1 is 1.29 bits per heavy atom. The van der Waals surface area contributed by atoms with Gasteiger partial charge in [0.05, 0.1) is 0 Å². The number of rotatable bonds is 2. The van der Waals surface area contributed by atoms with E-state index < -0.39 is 0 Å². The van der Waals surface area contributed by atoms with Crippen LogP contribution in [0.1, 0.15) is 57.4 Å². The van der Waals surface area contributed by atoms with Crippen LogP contribution in [0, 0.1) is 6.92 Å². The molecule has 0 atom stereocenters. The Labute approximate surface area is 88.6 Å². The van der Waals surface area contributed by atoms with Crippen molar-refractivity contribution < 1.29 is 0 Å². The molecule has 1 aromatic rings. The average molecular weight is 193 g/mol. The molecule has 0 aromatic carbocycles. The first-order valence-corrected chi connectivity index (χ1v) is 5.60. The van der Waals surface area contributed by atoms with E-state index in [1.54, 1.807) is 0 Å². The normalized spacial score (nSPS) is 9.64. The summed E-state index contributed by atoms with van der Waals surface area (Å²) in [7, 11) is 0. The lowest BCUT2D eigenvalue weighted by atomic mass is 9.97. The molecule has 0 N–H and O–H groups in total. The van der Waals surface area contributed by atoms with E-state index in [0.717, 1.165) is 12.1 Å². The molecule has 0 saturated heterocycles. The molecule has 0 aliphatic rings. The van der Waals surface area contributed by atoms with Gasteiger partial charge in [-0.15, -0.1) is 0 Å². The van der Waals surface area contributed by atoms with Crippen molar-refractivity contribution in [3.8, 4) is 0 Å². The summed E-state index contributed by atoms with van der Waals surface area (Å²) >= 11 is 0. The van der Waals surface area contributed by atoms with Gasteiger partial charge in [-0.05, 0) is 36.5 Å². The van der Waals surface area contributed by atoms with Gasteiger partial charge >= 0.3 is 0 Å². The highest BCUT2D eigenvalue weighted by molar-refractivity contribution is 5.28. The summed E-state index contributed by atoms with van der Waals surface area (Å²) in [6, 6.07) is 2.19. The highest BCUT2D eigenvalue weighted by Gasteiger charge is 2.05. The molecular weight excluding hydrogens is 170 g/mol. The van der Waals surface area contributed by atoms with Crippen LogP contribution in [-0.2, 0) is 6.42 Å². The molecule has 14 heavy (non-hydrogen) atoms. The molecule has 0 amide bonds. The highest BCUT2D eigenvalue weighted by Crippen LogP contribution is 2.19. The Morgan fingerprint density at radius 2 is 1.86 bits per heavy atom. The summed E-state index contributed by atoms with van der Waals surface area (Å²) in [4.78, 5) is 4.31. The molecule has 0 aliphatic heterocycles. The average Bonchev–Trinajstić information content (AvgIpc) is 2.20. The first-order valence-electron chi connectivity index (χ1n) is 5.60. The van der Waals surface area contributed by atoms with Gasteiger partial charge in [-0.25, -0.2) is 0 Å². The van der Waals surface area contributed by atoms with Gasteiger partial charge in [-0.2, -0.15) is 0 Å². The third-order valence-electron chi connectivity index (χ3n) is 2.16. The number of pyridine rings is 1. The van der Waals surface area contributed by atoms with Crippen molar-refractivity contribution in [2.24, 2.45) is 0 Å². The van der Waals surface area contributed by atoms with Gasteiger partial charge in [0.1, 0.15) is 0 Å². The highest BCUT2D eigenvalue weighted by atomic mass is 14.7. The van der Waals surface area contributed by atoms with Gasteiger partial charge in [-0.3, -0.25) is 4.98 Å². The second-order valence-corrected chi connectivity index (χ2v) is 3.53. The predicted molar refractivity (Wildman–Crippen MR) is 63.8 cm³/mol. The lowest BCUT2D eigenvalue weighted by molar-refractivity contribution is 0.831. The van der Waals surface area contributed by atoms with E-state index in [-0.39, 0.29) is 0 Å². The summed E-state index contributed by atoms with van der Waals surface area (Å²) in [6.45, 7) is 12.7. The van der Waals surface area contributed by atoms with Crippen molar-refractivity contribution in [2.45, 2.75) is 53.9 Å². The molecule has 80 valence electrons. The number of hydrogen-bond acceptors (Lipinski definition) is 1. The fourth-order valence-electron chi connectivity index (χ4n) is 1.45. The fourth-order valence-corrected chi connectivity index (χ4v) is 1.45. The minimum absolute atomic E-state index is 0.591. The SMILES string of the molecule is CC.CCc1cc(C)ncc1C(C)C. The maximum Gasteiger partial charge on any atom is 0.0375 e. The quantitative estimate of drug-likeness (QED) is 0.689. The maximum atomic E-state index is 4.31. The van der Waals surface area contributed by atoms with Crippen LogP contribution >= 0.6 is 0 Å². The van der Waals surface area contributed by atoms with E-state index in [1.807, 2.05) is 27.0 Å². The summed E-state index contributed by atoms with van der Waals surface area (Å²) < 4.78 is 0. The van der Waals surface area contributed by atoms with Crippen molar-refractivity contribution >= 4 is 0 Å². The van der Waals surface area contributed by atoms with Crippen LogP contribution < -0.4 is 0 Å². The summed E-state index contributed by atoms with van der Waals surface area (Å²) in [5.74, 6) is 0.591. The Morgan fingerprint density at radius 3 is 2.29 bits per heavy atom. The third-order valence-corrected chi connectivity index (χ3v) is 2.16. The van der Waals surface area contributed by atoms with E-state index in [4.69, 9.17) is 0 Å². The van der Waals surface area contributed by atoms with Crippen molar-refractivity contribution in [1.29, 1.82) is 0 Å². The first-order chi connectivity index (χ1) is 6.65. The number of aromatic nitrogens is 1. The Balaban J connectivity index is 0.000000791. The largest absolute Gasteiger partial charge is 0.261 e. The molecule has 0 unspecified atom stereocenters. The smallest absolute Gasteiger partial charge is 0.0375 e. The maximum absolute atomic E-state index is 4.31. The second kappa shape index (κ2) is 6.58. The summed E-state index contributed by atoms with van der Waals surface area (Å²) in [6.07, 6.45) is 3.12. The zero-order valence-electron chi connectivity index (χ0n) is 10.4. The minimum Gasteiger partial charge on any atom is -0.261 e. The standard InChI is InChI=1S/C11H17N.C2H6/c1-5-10-6-9(4)12-7-11(10)8(2)3;1-2/h6-8H,5H2,1-4H3;1-2H3. The van der Waals surface area contributed by atoms with Crippen LogP contribution in [0.3, 0.4) is 0 Å². The Bertz CT molecular complexity index is 264. The van der Waals surface area contributed by atoms with Crippen molar-refractivity contribution in [3.05, 3.63) is 29.1 Å². The second-order valence-electron chi connectivity index (χ2n) is 3.53. The Kier molecular flexibility index (Phi) is 6.18. The van der Waals surface area contributed by atoms with Gasteiger partial charge in [0.15, 0.2) is 0 Å². The Hall–Kier alpha value is -0.850. The van der Waals surface area contributed by atoms with E-state index in [9.17, 15) is 0 Å². The lowest BCUT2D eigenvalue weighted by Crippen LogP contribution is -1.97. The number of nitrogens with zero attached hydrogens (tertiary/aromatic N) is 1. The van der Waals surface area contributed by atoms with Crippen LogP contribution in [0.4, 0.5) is 0 Å². The van der Waals surface area contributed by atoms with E-state index >= 15 is 0 Å². The van der Waals surface area contributed by atoms with E-state index in [0.29, 0.717) is 5.92 Å². The summed E-state index contributed by atoms with van der Waals surface area (Å²) in [5.41, 5.74) is 3.96. The van der Waals surface area contributed by atoms with E-state index in [1.165, 1.54) is 11.1 Å². The molecule has 0 fully saturated rings. The van der Waals surface area contributed by atoms with Crippen molar-refractivity contribution in [3.63, 3.8) is 0 Å². The number of aryl methyl sites for hydroxylation is 2. The fraction of sp³-hybridized carbons (Fsp3) is 0.615. The number of hydrogen-bond donors (Lipinski definition) is 0. The zero-order chi connectivity index (χ0) is 11.1. The predicted octanol–water partition coefficient (Wildman–Crippen LogP) is 4.10. The minimum atomic E-state index is 0.591. The molecule has 0 spiro atoms. The molecule has 0 radical (unpaired) electrons.